The molecule has 0 saturated carbocycles. The van der Waals surface area contributed by atoms with Gasteiger partial charge in [0.05, 0.1) is 6.07 Å². The first kappa shape index (κ1) is 18.2. The van der Waals surface area contributed by atoms with E-state index in [-0.39, 0.29) is 5.41 Å². The quantitative estimate of drug-likeness (QED) is 0.433. The van der Waals surface area contributed by atoms with Crippen LogP contribution in [0.15, 0.2) is 58.7 Å². The highest BCUT2D eigenvalue weighted by molar-refractivity contribution is 5.37. The van der Waals surface area contributed by atoms with Crippen molar-refractivity contribution in [3.05, 3.63) is 58.7 Å². The molecule has 0 bridgehead atoms. The fraction of sp³-hybridized carbons (Fsp3) is 0.476. The number of allylic oxidation sites excluding steroid dienone is 10. The van der Waals surface area contributed by atoms with E-state index in [4.69, 9.17) is 5.26 Å². The third-order valence-corrected chi connectivity index (χ3v) is 4.05. The van der Waals surface area contributed by atoms with Crippen molar-refractivity contribution in [2.75, 3.05) is 0 Å². The molecule has 0 unspecified atom stereocenters. The van der Waals surface area contributed by atoms with Gasteiger partial charge in [-0.05, 0) is 61.7 Å². The van der Waals surface area contributed by atoms with Gasteiger partial charge in [0.25, 0.3) is 0 Å². The van der Waals surface area contributed by atoms with Crippen molar-refractivity contribution in [1.82, 2.24) is 0 Å². The molecule has 0 amide bonds. The van der Waals surface area contributed by atoms with Crippen LogP contribution in [0.25, 0.3) is 0 Å². The van der Waals surface area contributed by atoms with Crippen LogP contribution in [0, 0.1) is 16.7 Å². The molecular formula is C21H29N. The van der Waals surface area contributed by atoms with Crippen LogP contribution in [0.4, 0.5) is 0 Å². The summed E-state index contributed by atoms with van der Waals surface area (Å²) in [6.45, 7) is 10.9. The van der Waals surface area contributed by atoms with Crippen molar-refractivity contribution in [3.63, 3.8) is 0 Å². The molecule has 0 aromatic heterocycles. The monoisotopic (exact) mass is 295 g/mol. The molecule has 1 heteroatoms. The van der Waals surface area contributed by atoms with Gasteiger partial charge in [-0.15, -0.1) is 0 Å². The average Bonchev–Trinajstić information content (AvgIpc) is 2.43. The zero-order valence-corrected chi connectivity index (χ0v) is 14.7. The van der Waals surface area contributed by atoms with Crippen molar-refractivity contribution in [1.29, 1.82) is 5.26 Å². The summed E-state index contributed by atoms with van der Waals surface area (Å²) >= 11 is 0. The minimum atomic E-state index is 0.108. The lowest BCUT2D eigenvalue weighted by Gasteiger charge is -2.21. The van der Waals surface area contributed by atoms with E-state index in [1.54, 1.807) is 11.6 Å². The second-order valence-corrected chi connectivity index (χ2v) is 7.09. The molecule has 0 heterocycles. The fourth-order valence-electron chi connectivity index (χ4n) is 2.50. The van der Waals surface area contributed by atoms with E-state index >= 15 is 0 Å². The minimum absolute atomic E-state index is 0.108. The molecule has 1 aliphatic carbocycles. The van der Waals surface area contributed by atoms with Gasteiger partial charge in [0, 0.05) is 6.08 Å². The maximum Gasteiger partial charge on any atom is 0.0914 e. The Hall–Kier alpha value is -1.81. The third kappa shape index (κ3) is 6.31. The van der Waals surface area contributed by atoms with Crippen molar-refractivity contribution in [2.24, 2.45) is 5.41 Å². The number of hydrogen-bond donors (Lipinski definition) is 0. The first-order valence-electron chi connectivity index (χ1n) is 8.16. The molecule has 0 N–H and O–H groups in total. The molecule has 0 radical (unpaired) electrons. The Morgan fingerprint density at radius 3 is 2.41 bits per heavy atom. The molecule has 1 nitrogen and oxygen atoms in total. The Balaban J connectivity index is 2.96. The van der Waals surface area contributed by atoms with E-state index in [9.17, 15) is 0 Å². The minimum Gasteiger partial charge on any atom is -0.193 e. The van der Waals surface area contributed by atoms with Gasteiger partial charge >= 0.3 is 0 Å². The van der Waals surface area contributed by atoms with E-state index < -0.39 is 0 Å². The molecule has 22 heavy (non-hydrogen) atoms. The lowest BCUT2D eigenvalue weighted by atomic mass is 9.84. The lowest BCUT2D eigenvalue weighted by Crippen LogP contribution is -2.07. The van der Waals surface area contributed by atoms with Crippen LogP contribution in [0.1, 0.15) is 60.3 Å². The molecule has 0 fully saturated rings. The average molecular weight is 295 g/mol. The zero-order valence-electron chi connectivity index (χ0n) is 14.7. The van der Waals surface area contributed by atoms with Gasteiger partial charge in [0.15, 0.2) is 0 Å². The largest absolute Gasteiger partial charge is 0.193 e. The van der Waals surface area contributed by atoms with Gasteiger partial charge in [-0.25, -0.2) is 0 Å². The zero-order chi connectivity index (χ0) is 16.6. The summed E-state index contributed by atoms with van der Waals surface area (Å²) in [5.74, 6) is 0. The highest BCUT2D eigenvalue weighted by atomic mass is 14.2. The highest BCUT2D eigenvalue weighted by Gasteiger charge is 2.14. The van der Waals surface area contributed by atoms with E-state index in [0.717, 1.165) is 5.57 Å². The van der Waals surface area contributed by atoms with Gasteiger partial charge in [-0.3, -0.25) is 0 Å². The van der Waals surface area contributed by atoms with Crippen molar-refractivity contribution < 1.29 is 0 Å². The lowest BCUT2D eigenvalue weighted by molar-refractivity contribution is 0.517. The Kier molecular flexibility index (Phi) is 7.12. The van der Waals surface area contributed by atoms with E-state index in [0.29, 0.717) is 0 Å². The number of hydrogen-bond acceptors (Lipinski definition) is 1. The molecule has 0 atom stereocenters. The first-order chi connectivity index (χ1) is 10.3. The first-order valence-corrected chi connectivity index (χ1v) is 8.16. The summed E-state index contributed by atoms with van der Waals surface area (Å²) in [6, 6.07) is 2.05. The summed E-state index contributed by atoms with van der Waals surface area (Å²) in [7, 11) is 0. The van der Waals surface area contributed by atoms with Crippen LogP contribution in [0.5, 0.6) is 0 Å². The van der Waals surface area contributed by atoms with Gasteiger partial charge in [0.2, 0.25) is 0 Å². The Labute approximate surface area is 136 Å². The Morgan fingerprint density at radius 1 is 1.14 bits per heavy atom. The van der Waals surface area contributed by atoms with Crippen LogP contribution >= 0.6 is 0 Å². The maximum atomic E-state index is 8.64. The molecule has 0 aromatic rings. The van der Waals surface area contributed by atoms with Crippen molar-refractivity contribution >= 4 is 0 Å². The highest BCUT2D eigenvalue weighted by Crippen LogP contribution is 2.29. The SMILES string of the molecule is CC1=C(/C=C/C(=C/C=C/C(C)=C/C#N)C(C)(C)C)CCCC1. The van der Waals surface area contributed by atoms with Crippen molar-refractivity contribution in [2.45, 2.75) is 60.3 Å². The van der Waals surface area contributed by atoms with E-state index in [1.165, 1.54) is 36.8 Å². The van der Waals surface area contributed by atoms with Crippen LogP contribution in [0.2, 0.25) is 0 Å². The summed E-state index contributed by atoms with van der Waals surface area (Å²) in [5, 5.41) is 8.64. The summed E-state index contributed by atoms with van der Waals surface area (Å²) in [6.07, 6.45) is 17.4. The Bertz CT molecular complexity index is 566. The van der Waals surface area contributed by atoms with Gasteiger partial charge in [-0.1, -0.05) is 56.7 Å². The molecule has 0 spiro atoms. The summed E-state index contributed by atoms with van der Waals surface area (Å²) in [5.41, 5.74) is 5.43. The van der Waals surface area contributed by atoms with Gasteiger partial charge < -0.3 is 0 Å². The van der Waals surface area contributed by atoms with Gasteiger partial charge in [-0.2, -0.15) is 5.26 Å². The van der Waals surface area contributed by atoms with E-state index in [1.807, 2.05) is 19.1 Å². The van der Waals surface area contributed by atoms with Crippen molar-refractivity contribution in [3.8, 4) is 6.07 Å². The number of nitrogens with zero attached hydrogens (tertiary/aromatic N) is 1. The molecular weight excluding hydrogens is 266 g/mol. The van der Waals surface area contributed by atoms with Gasteiger partial charge in [0.1, 0.15) is 0 Å². The second-order valence-electron chi connectivity index (χ2n) is 7.09. The summed E-state index contributed by atoms with van der Waals surface area (Å²) < 4.78 is 0. The van der Waals surface area contributed by atoms with Crippen LogP contribution in [-0.2, 0) is 0 Å². The molecule has 1 rings (SSSR count). The molecule has 0 aromatic carbocycles. The summed E-state index contributed by atoms with van der Waals surface area (Å²) in [4.78, 5) is 0. The van der Waals surface area contributed by atoms with Crippen LogP contribution in [0.3, 0.4) is 0 Å². The molecule has 1 aliphatic rings. The molecule has 0 aliphatic heterocycles. The predicted molar refractivity (Wildman–Crippen MR) is 96.4 cm³/mol. The number of rotatable bonds is 4. The van der Waals surface area contributed by atoms with Crippen LogP contribution < -0.4 is 0 Å². The predicted octanol–water partition coefficient (Wildman–Crippen LogP) is 6.43. The normalized spacial score (nSPS) is 18.4. The maximum absolute atomic E-state index is 8.64. The number of nitriles is 1. The Morgan fingerprint density at radius 2 is 1.82 bits per heavy atom. The van der Waals surface area contributed by atoms with E-state index in [2.05, 4.69) is 52.0 Å². The third-order valence-electron chi connectivity index (χ3n) is 4.05. The smallest absolute Gasteiger partial charge is 0.0914 e. The van der Waals surface area contributed by atoms with Crippen LogP contribution in [-0.4, -0.2) is 0 Å². The second kappa shape index (κ2) is 8.59. The standard InChI is InChI=1S/C21H29N/c1-17(15-16-22)9-8-12-20(21(3,4)5)14-13-19-11-7-6-10-18(19)2/h8-9,12-15H,6-7,10-11H2,1-5H3/b9-8+,14-13+,17-15+,20-12-. The molecule has 118 valence electrons. The fourth-order valence-corrected chi connectivity index (χ4v) is 2.50. The topological polar surface area (TPSA) is 23.8 Å². The molecule has 0 saturated heterocycles.